The smallest absolute Gasteiger partial charge is 0.229 e. The van der Waals surface area contributed by atoms with Crippen molar-refractivity contribution in [3.8, 4) is 5.82 Å². The van der Waals surface area contributed by atoms with E-state index in [-0.39, 0.29) is 0 Å². The third-order valence-corrected chi connectivity index (χ3v) is 6.54. The number of nitrogen functional groups attached to an aromatic ring is 1. The summed E-state index contributed by atoms with van der Waals surface area (Å²) in [5.74, 6) is 2.42. The fourth-order valence-electron chi connectivity index (χ4n) is 4.50. The molecule has 1 aliphatic carbocycles. The van der Waals surface area contributed by atoms with E-state index >= 15 is 0 Å². The molecule has 168 valence electrons. The summed E-state index contributed by atoms with van der Waals surface area (Å²) in [7, 11) is 2.17. The highest BCUT2D eigenvalue weighted by Crippen LogP contribution is 2.43. The zero-order valence-corrected chi connectivity index (χ0v) is 18.8. The Labute approximate surface area is 193 Å². The van der Waals surface area contributed by atoms with Gasteiger partial charge in [0.1, 0.15) is 11.6 Å². The van der Waals surface area contributed by atoms with Gasteiger partial charge < -0.3 is 20.9 Å². The van der Waals surface area contributed by atoms with Crippen molar-refractivity contribution in [1.82, 2.24) is 24.4 Å². The van der Waals surface area contributed by atoms with Gasteiger partial charge in [0.15, 0.2) is 5.65 Å². The van der Waals surface area contributed by atoms with Crippen LogP contribution in [-0.2, 0) is 0 Å². The van der Waals surface area contributed by atoms with Gasteiger partial charge in [-0.1, -0.05) is 6.07 Å². The van der Waals surface area contributed by atoms with Crippen LogP contribution < -0.4 is 16.0 Å². The van der Waals surface area contributed by atoms with E-state index in [0.29, 0.717) is 17.7 Å². The fraction of sp³-hybridized carbons (Fsp3) is 0.320. The number of fused-ring (bicyclic) bond motifs is 1. The highest BCUT2D eigenvalue weighted by molar-refractivity contribution is 5.80. The monoisotopic (exact) mass is 440 g/mol. The fourth-order valence-corrected chi connectivity index (χ4v) is 4.50. The molecule has 6 rings (SSSR count). The van der Waals surface area contributed by atoms with Gasteiger partial charge in [-0.25, -0.2) is 9.97 Å². The summed E-state index contributed by atoms with van der Waals surface area (Å²) in [5, 5.41) is 4.38. The first kappa shape index (κ1) is 20.0. The van der Waals surface area contributed by atoms with Crippen LogP contribution in [-0.4, -0.2) is 57.6 Å². The minimum Gasteiger partial charge on any atom is -0.384 e. The summed E-state index contributed by atoms with van der Waals surface area (Å²) in [6.45, 7) is 4.30. The molecular weight excluding hydrogens is 412 g/mol. The van der Waals surface area contributed by atoms with Gasteiger partial charge in [0.2, 0.25) is 5.95 Å². The van der Waals surface area contributed by atoms with E-state index in [2.05, 4.69) is 67.0 Å². The van der Waals surface area contributed by atoms with Crippen molar-refractivity contribution in [3.63, 3.8) is 0 Å². The molecule has 8 nitrogen and oxygen atoms in total. The Morgan fingerprint density at radius 1 is 0.970 bits per heavy atom. The molecule has 0 bridgehead atoms. The second-order valence-corrected chi connectivity index (χ2v) is 9.03. The van der Waals surface area contributed by atoms with Crippen molar-refractivity contribution in [2.24, 2.45) is 0 Å². The van der Waals surface area contributed by atoms with Crippen molar-refractivity contribution in [2.45, 2.75) is 18.8 Å². The molecular formula is C25H28N8. The van der Waals surface area contributed by atoms with E-state index < -0.39 is 0 Å². The third kappa shape index (κ3) is 3.98. The summed E-state index contributed by atoms with van der Waals surface area (Å²) < 4.78 is 2.13. The Hall–Kier alpha value is -3.65. The molecule has 1 aromatic carbocycles. The molecule has 0 unspecified atom stereocenters. The summed E-state index contributed by atoms with van der Waals surface area (Å²) >= 11 is 0. The van der Waals surface area contributed by atoms with Gasteiger partial charge in [-0.3, -0.25) is 4.57 Å². The van der Waals surface area contributed by atoms with Crippen molar-refractivity contribution >= 4 is 34.2 Å². The first-order valence-corrected chi connectivity index (χ1v) is 11.6. The Balaban J connectivity index is 1.29. The molecule has 33 heavy (non-hydrogen) atoms. The number of aromatic nitrogens is 4. The van der Waals surface area contributed by atoms with Crippen LogP contribution in [0.2, 0.25) is 0 Å². The SMILES string of the molecule is CN1CCN(c2ccc(Nc3ncc4cc(C5CC5)n(-c5cccc(N)n5)c4n3)cc2)CC1. The van der Waals surface area contributed by atoms with Crippen LogP contribution in [0, 0.1) is 0 Å². The number of rotatable bonds is 5. The van der Waals surface area contributed by atoms with Crippen LogP contribution in [0.5, 0.6) is 0 Å². The number of anilines is 4. The van der Waals surface area contributed by atoms with Crippen molar-refractivity contribution in [2.75, 3.05) is 49.2 Å². The highest BCUT2D eigenvalue weighted by atomic mass is 15.2. The van der Waals surface area contributed by atoms with E-state index in [1.807, 2.05) is 18.3 Å². The number of pyridine rings is 1. The molecule has 1 saturated heterocycles. The Kier molecular flexibility index (Phi) is 4.87. The maximum absolute atomic E-state index is 5.98. The normalized spacial score (nSPS) is 16.9. The lowest BCUT2D eigenvalue weighted by Crippen LogP contribution is -2.44. The molecule has 4 heterocycles. The van der Waals surface area contributed by atoms with Gasteiger partial charge in [-0.05, 0) is 68.3 Å². The summed E-state index contributed by atoms with van der Waals surface area (Å²) in [5.41, 5.74) is 10.3. The van der Waals surface area contributed by atoms with Gasteiger partial charge >= 0.3 is 0 Å². The standard InChI is InChI=1S/C25H28N8/c1-31-11-13-32(14-12-31)20-9-7-19(8-10-20)28-25-27-16-18-15-21(17-5-6-17)33(24(18)30-25)23-4-2-3-22(26)29-23/h2-4,7-10,15-17H,5-6,11-14H2,1H3,(H2,26,29)(H,27,28,30). The molecule has 2 aliphatic rings. The van der Waals surface area contributed by atoms with Gasteiger partial charge in [0.25, 0.3) is 0 Å². The molecule has 0 amide bonds. The lowest BCUT2D eigenvalue weighted by molar-refractivity contribution is 0.313. The van der Waals surface area contributed by atoms with Crippen LogP contribution >= 0.6 is 0 Å². The molecule has 8 heteroatoms. The van der Waals surface area contributed by atoms with E-state index in [1.54, 1.807) is 6.07 Å². The van der Waals surface area contributed by atoms with Crippen LogP contribution in [0.25, 0.3) is 16.9 Å². The van der Waals surface area contributed by atoms with Crippen molar-refractivity contribution in [1.29, 1.82) is 0 Å². The zero-order valence-electron chi connectivity index (χ0n) is 18.8. The number of hydrogen-bond acceptors (Lipinski definition) is 7. The van der Waals surface area contributed by atoms with E-state index in [1.165, 1.54) is 24.2 Å². The zero-order chi connectivity index (χ0) is 22.4. The van der Waals surface area contributed by atoms with Gasteiger partial charge in [0.05, 0.1) is 0 Å². The maximum atomic E-state index is 5.98. The molecule has 1 saturated carbocycles. The lowest BCUT2D eigenvalue weighted by atomic mass is 10.2. The second kappa shape index (κ2) is 8.04. The topological polar surface area (TPSA) is 88.1 Å². The van der Waals surface area contributed by atoms with Crippen LogP contribution in [0.1, 0.15) is 24.5 Å². The number of piperazine rings is 1. The van der Waals surface area contributed by atoms with Crippen LogP contribution in [0.4, 0.5) is 23.1 Å². The maximum Gasteiger partial charge on any atom is 0.229 e. The minimum absolute atomic E-state index is 0.504. The lowest BCUT2D eigenvalue weighted by Gasteiger charge is -2.34. The average Bonchev–Trinajstić information content (AvgIpc) is 3.60. The summed E-state index contributed by atoms with van der Waals surface area (Å²) in [4.78, 5) is 18.8. The second-order valence-electron chi connectivity index (χ2n) is 9.03. The molecule has 4 aromatic rings. The Bertz CT molecular complexity index is 1280. The number of nitrogens with zero attached hydrogens (tertiary/aromatic N) is 6. The van der Waals surface area contributed by atoms with E-state index in [4.69, 9.17) is 10.7 Å². The third-order valence-electron chi connectivity index (χ3n) is 6.54. The molecule has 0 atom stereocenters. The van der Waals surface area contributed by atoms with Crippen LogP contribution in [0.15, 0.2) is 54.7 Å². The molecule has 3 aromatic heterocycles. The van der Waals surface area contributed by atoms with E-state index in [0.717, 1.165) is 48.7 Å². The minimum atomic E-state index is 0.504. The Morgan fingerprint density at radius 2 is 1.76 bits per heavy atom. The molecule has 0 spiro atoms. The summed E-state index contributed by atoms with van der Waals surface area (Å²) in [6.07, 6.45) is 4.27. The highest BCUT2D eigenvalue weighted by Gasteiger charge is 2.29. The quantitative estimate of drug-likeness (QED) is 0.488. The van der Waals surface area contributed by atoms with Gasteiger partial charge in [0, 0.05) is 54.8 Å². The predicted octanol–water partition coefficient (Wildman–Crippen LogP) is 3.77. The van der Waals surface area contributed by atoms with E-state index in [9.17, 15) is 0 Å². The summed E-state index contributed by atoms with van der Waals surface area (Å²) in [6, 6.07) is 16.4. The Morgan fingerprint density at radius 3 is 2.48 bits per heavy atom. The molecule has 0 radical (unpaired) electrons. The van der Waals surface area contributed by atoms with Crippen molar-refractivity contribution in [3.05, 3.63) is 60.4 Å². The predicted molar refractivity (Wildman–Crippen MR) is 132 cm³/mol. The number of likely N-dealkylation sites (N-methyl/N-ethyl adjacent to an activating group) is 1. The average molecular weight is 441 g/mol. The van der Waals surface area contributed by atoms with Gasteiger partial charge in [-0.15, -0.1) is 0 Å². The van der Waals surface area contributed by atoms with Crippen LogP contribution in [0.3, 0.4) is 0 Å². The van der Waals surface area contributed by atoms with Gasteiger partial charge in [-0.2, -0.15) is 4.98 Å². The molecule has 3 N–H and O–H groups in total. The number of benzene rings is 1. The number of hydrogen-bond donors (Lipinski definition) is 2. The van der Waals surface area contributed by atoms with Crippen molar-refractivity contribution < 1.29 is 0 Å². The number of nitrogens with one attached hydrogen (secondary N) is 1. The number of nitrogens with two attached hydrogens (primary N) is 1. The first-order chi connectivity index (χ1) is 16.1. The largest absolute Gasteiger partial charge is 0.384 e. The molecule has 1 aliphatic heterocycles. The first-order valence-electron chi connectivity index (χ1n) is 11.6. The molecule has 2 fully saturated rings.